The normalized spacial score (nSPS) is 12.1. The van der Waals surface area contributed by atoms with Crippen molar-refractivity contribution in [1.29, 1.82) is 0 Å². The molecule has 2 heterocycles. The predicted molar refractivity (Wildman–Crippen MR) is 233 cm³/mol. The number of rotatable bonds is 3. The van der Waals surface area contributed by atoms with Gasteiger partial charge in [0, 0.05) is 30.9 Å². The fourth-order valence-corrected chi connectivity index (χ4v) is 10.3. The van der Waals surface area contributed by atoms with Gasteiger partial charge in [-0.2, -0.15) is 0 Å². The van der Waals surface area contributed by atoms with Crippen LogP contribution in [-0.2, 0) is 0 Å². The monoisotopic (exact) mass is 702 g/mol. The third kappa shape index (κ3) is 4.32. The molecule has 250 valence electrons. The van der Waals surface area contributed by atoms with E-state index in [4.69, 9.17) is 4.42 Å². The van der Waals surface area contributed by atoms with E-state index < -0.39 is 0 Å². The molecule has 0 atom stereocenters. The highest BCUT2D eigenvalue weighted by Gasteiger charge is 2.20. The lowest BCUT2D eigenvalue weighted by atomic mass is 9.85. The highest BCUT2D eigenvalue weighted by molar-refractivity contribution is 7.26. The number of furan rings is 1. The average molecular weight is 703 g/mol. The SMILES string of the molecule is c1ccc(-c2ccc3cc(-c4c5ccccc5c(-c5ccc6c(c5)sc5c6ccc6oc7ccc8ccccc8c7c65)c5ccccc45)ccc3c2)cc1. The second-order valence-corrected chi connectivity index (χ2v) is 15.4. The summed E-state index contributed by atoms with van der Waals surface area (Å²) in [5.74, 6) is 0. The maximum absolute atomic E-state index is 6.46. The summed E-state index contributed by atoms with van der Waals surface area (Å²) in [5.41, 5.74) is 9.39. The summed E-state index contributed by atoms with van der Waals surface area (Å²) in [6, 6.07) is 66.7. The molecule has 12 aromatic rings. The van der Waals surface area contributed by atoms with Crippen LogP contribution in [0.5, 0.6) is 0 Å². The van der Waals surface area contributed by atoms with Crippen LogP contribution in [0.15, 0.2) is 186 Å². The number of thiophene rings is 1. The van der Waals surface area contributed by atoms with Crippen LogP contribution >= 0.6 is 11.3 Å². The Hall–Kier alpha value is -6.74. The predicted octanol–water partition coefficient (Wildman–Crippen LogP) is 15.6. The van der Waals surface area contributed by atoms with Gasteiger partial charge in [-0.25, -0.2) is 0 Å². The van der Waals surface area contributed by atoms with E-state index in [2.05, 4.69) is 182 Å². The van der Waals surface area contributed by atoms with Gasteiger partial charge in [0.15, 0.2) is 0 Å². The quantitative estimate of drug-likeness (QED) is 0.167. The van der Waals surface area contributed by atoms with Crippen molar-refractivity contribution in [1.82, 2.24) is 0 Å². The molecule has 10 aromatic carbocycles. The summed E-state index contributed by atoms with van der Waals surface area (Å²) in [7, 11) is 0. The lowest BCUT2D eigenvalue weighted by Gasteiger charge is -2.18. The standard InChI is InChI=1S/C52H30OS/c1-2-10-31(11-3-1)33-18-19-35-29-36(21-20-34(35)28-33)48-40-14-6-8-16-42(40)49(43-17-9-7-15-41(43)48)37-22-24-39-44-25-27-46-51(52(44)54-47(39)30-37)50-38-13-5-4-12-32(38)23-26-45(50)53-46/h1-30H. The Balaban J connectivity index is 1.07. The summed E-state index contributed by atoms with van der Waals surface area (Å²) in [6.07, 6.45) is 0. The summed E-state index contributed by atoms with van der Waals surface area (Å²) in [4.78, 5) is 0. The Bertz CT molecular complexity index is 3440. The number of fused-ring (bicyclic) bond motifs is 12. The Kier molecular flexibility index (Phi) is 6.28. The molecule has 1 nitrogen and oxygen atoms in total. The van der Waals surface area contributed by atoms with E-state index in [1.54, 1.807) is 0 Å². The highest BCUT2D eigenvalue weighted by atomic mass is 32.1. The highest BCUT2D eigenvalue weighted by Crippen LogP contribution is 2.48. The molecule has 0 saturated carbocycles. The van der Waals surface area contributed by atoms with E-state index in [0.717, 1.165) is 11.2 Å². The van der Waals surface area contributed by atoms with Gasteiger partial charge in [0.2, 0.25) is 0 Å². The van der Waals surface area contributed by atoms with Crippen LogP contribution < -0.4 is 0 Å². The van der Waals surface area contributed by atoms with E-state index in [-0.39, 0.29) is 0 Å². The van der Waals surface area contributed by atoms with Crippen molar-refractivity contribution in [2.45, 2.75) is 0 Å². The molecule has 0 saturated heterocycles. The molecule has 0 aliphatic rings. The van der Waals surface area contributed by atoms with Crippen molar-refractivity contribution in [2.24, 2.45) is 0 Å². The second-order valence-electron chi connectivity index (χ2n) is 14.4. The minimum atomic E-state index is 0.940. The first kappa shape index (κ1) is 29.8. The largest absolute Gasteiger partial charge is 0.456 e. The zero-order valence-corrected chi connectivity index (χ0v) is 30.0. The van der Waals surface area contributed by atoms with E-state index in [1.165, 1.54) is 107 Å². The lowest BCUT2D eigenvalue weighted by Crippen LogP contribution is -1.91. The Morgan fingerprint density at radius 3 is 1.56 bits per heavy atom. The molecule has 0 amide bonds. The molecule has 0 N–H and O–H groups in total. The van der Waals surface area contributed by atoms with E-state index in [9.17, 15) is 0 Å². The van der Waals surface area contributed by atoms with Crippen molar-refractivity contribution < 1.29 is 4.42 Å². The van der Waals surface area contributed by atoms with Crippen LogP contribution in [0.25, 0.3) is 119 Å². The molecule has 2 aromatic heterocycles. The second kappa shape index (κ2) is 11.4. The van der Waals surface area contributed by atoms with Crippen molar-refractivity contribution in [3.8, 4) is 33.4 Å². The Morgan fingerprint density at radius 1 is 0.315 bits per heavy atom. The fraction of sp³-hybridized carbons (Fsp3) is 0. The molecule has 0 unspecified atom stereocenters. The zero-order valence-electron chi connectivity index (χ0n) is 29.1. The molecule has 54 heavy (non-hydrogen) atoms. The Morgan fingerprint density at radius 2 is 0.833 bits per heavy atom. The van der Waals surface area contributed by atoms with Gasteiger partial charge >= 0.3 is 0 Å². The van der Waals surface area contributed by atoms with Gasteiger partial charge in [-0.15, -0.1) is 11.3 Å². The van der Waals surface area contributed by atoms with Crippen molar-refractivity contribution in [3.63, 3.8) is 0 Å². The van der Waals surface area contributed by atoms with E-state index in [1.807, 2.05) is 11.3 Å². The van der Waals surface area contributed by atoms with Gasteiger partial charge < -0.3 is 4.42 Å². The minimum Gasteiger partial charge on any atom is -0.456 e. The first-order valence-electron chi connectivity index (χ1n) is 18.5. The zero-order chi connectivity index (χ0) is 35.3. The molecular formula is C52H30OS. The smallest absolute Gasteiger partial charge is 0.136 e. The van der Waals surface area contributed by atoms with Gasteiger partial charge in [0.05, 0.1) is 0 Å². The first-order valence-corrected chi connectivity index (χ1v) is 19.3. The molecule has 0 radical (unpaired) electrons. The number of hydrogen-bond acceptors (Lipinski definition) is 2. The summed E-state index contributed by atoms with van der Waals surface area (Å²) >= 11 is 1.88. The average Bonchev–Trinajstić information content (AvgIpc) is 3.81. The first-order chi connectivity index (χ1) is 26.8. The topological polar surface area (TPSA) is 13.1 Å². The minimum absolute atomic E-state index is 0.940. The van der Waals surface area contributed by atoms with Crippen molar-refractivity contribution in [3.05, 3.63) is 182 Å². The third-order valence-electron chi connectivity index (χ3n) is 11.4. The molecular weight excluding hydrogens is 673 g/mol. The van der Waals surface area contributed by atoms with Gasteiger partial charge in [-0.1, -0.05) is 146 Å². The van der Waals surface area contributed by atoms with Crippen LogP contribution in [0.3, 0.4) is 0 Å². The van der Waals surface area contributed by atoms with Crippen LogP contribution in [0.2, 0.25) is 0 Å². The van der Waals surface area contributed by atoms with Gasteiger partial charge in [-0.05, 0) is 113 Å². The molecule has 0 aliphatic carbocycles. The third-order valence-corrected chi connectivity index (χ3v) is 12.6. The van der Waals surface area contributed by atoms with Crippen molar-refractivity contribution in [2.75, 3.05) is 0 Å². The molecule has 2 heteroatoms. The van der Waals surface area contributed by atoms with Gasteiger partial charge in [0.1, 0.15) is 11.2 Å². The lowest BCUT2D eigenvalue weighted by molar-refractivity contribution is 0.669. The van der Waals surface area contributed by atoms with Crippen LogP contribution in [-0.4, -0.2) is 0 Å². The summed E-state index contributed by atoms with van der Waals surface area (Å²) in [6.45, 7) is 0. The van der Waals surface area contributed by atoms with Crippen molar-refractivity contribution >= 4 is 96.5 Å². The molecule has 0 aliphatic heterocycles. The number of benzene rings is 10. The Labute approximate surface area is 314 Å². The van der Waals surface area contributed by atoms with Crippen LogP contribution in [0, 0.1) is 0 Å². The molecule has 0 bridgehead atoms. The summed E-state index contributed by atoms with van der Waals surface area (Å²) < 4.78 is 9.02. The molecule has 12 rings (SSSR count). The molecule has 0 fully saturated rings. The maximum atomic E-state index is 6.46. The fourth-order valence-electron chi connectivity index (χ4n) is 8.97. The van der Waals surface area contributed by atoms with E-state index in [0.29, 0.717) is 0 Å². The summed E-state index contributed by atoms with van der Waals surface area (Å²) in [5, 5.41) is 15.0. The van der Waals surface area contributed by atoms with Crippen LogP contribution in [0.1, 0.15) is 0 Å². The molecule has 0 spiro atoms. The van der Waals surface area contributed by atoms with E-state index >= 15 is 0 Å². The van der Waals surface area contributed by atoms with Gasteiger partial charge in [0.25, 0.3) is 0 Å². The number of hydrogen-bond donors (Lipinski definition) is 0. The van der Waals surface area contributed by atoms with Crippen LogP contribution in [0.4, 0.5) is 0 Å². The van der Waals surface area contributed by atoms with Gasteiger partial charge in [-0.3, -0.25) is 0 Å². The maximum Gasteiger partial charge on any atom is 0.136 e.